The minimum atomic E-state index is -0.0370. The van der Waals surface area contributed by atoms with Gasteiger partial charge in [-0.2, -0.15) is 0 Å². The van der Waals surface area contributed by atoms with Crippen molar-refractivity contribution in [2.75, 3.05) is 32.8 Å². The Morgan fingerprint density at radius 3 is 2.50 bits per heavy atom. The van der Waals surface area contributed by atoms with Crippen molar-refractivity contribution in [3.8, 4) is 0 Å². The molecule has 1 aliphatic carbocycles. The molecule has 3 rings (SSSR count). The van der Waals surface area contributed by atoms with Crippen molar-refractivity contribution in [1.29, 1.82) is 0 Å². The number of benzene rings is 1. The topological polar surface area (TPSA) is 41.6 Å². The minimum absolute atomic E-state index is 0.0370. The van der Waals surface area contributed by atoms with E-state index in [1.165, 1.54) is 18.4 Å². The summed E-state index contributed by atoms with van der Waals surface area (Å²) in [5, 5.41) is 3.37. The van der Waals surface area contributed by atoms with Crippen LogP contribution in [0, 0.1) is 0 Å². The maximum atomic E-state index is 12.5. The fourth-order valence-electron chi connectivity index (χ4n) is 3.68. The number of amides is 1. The molecule has 1 amide bonds. The lowest BCUT2D eigenvalue weighted by Gasteiger charge is -2.33. The first-order chi connectivity index (χ1) is 10.8. The van der Waals surface area contributed by atoms with Gasteiger partial charge in [0.05, 0.1) is 19.8 Å². The SMILES string of the molecule is O=C(CN1CCOCC1)NC1(Cc2ccccc2)CCCC1. The van der Waals surface area contributed by atoms with E-state index in [1.54, 1.807) is 0 Å². The Bertz CT molecular complexity index is 477. The van der Waals surface area contributed by atoms with E-state index in [1.807, 2.05) is 6.07 Å². The smallest absolute Gasteiger partial charge is 0.234 e. The summed E-state index contributed by atoms with van der Waals surface area (Å²) in [7, 11) is 0. The highest BCUT2D eigenvalue weighted by Gasteiger charge is 2.35. The van der Waals surface area contributed by atoms with Crippen LogP contribution in [0.15, 0.2) is 30.3 Å². The Morgan fingerprint density at radius 2 is 1.82 bits per heavy atom. The maximum Gasteiger partial charge on any atom is 0.234 e. The Balaban J connectivity index is 1.59. The monoisotopic (exact) mass is 302 g/mol. The van der Waals surface area contributed by atoms with Gasteiger partial charge in [0, 0.05) is 18.6 Å². The van der Waals surface area contributed by atoms with E-state index in [0.717, 1.165) is 45.6 Å². The minimum Gasteiger partial charge on any atom is -0.379 e. The summed E-state index contributed by atoms with van der Waals surface area (Å²) in [6, 6.07) is 10.5. The quantitative estimate of drug-likeness (QED) is 0.904. The average molecular weight is 302 g/mol. The van der Waals surface area contributed by atoms with Crippen LogP contribution in [0.3, 0.4) is 0 Å². The van der Waals surface area contributed by atoms with Crippen molar-refractivity contribution in [3.05, 3.63) is 35.9 Å². The molecule has 120 valence electrons. The summed E-state index contributed by atoms with van der Waals surface area (Å²) in [5.74, 6) is 0.166. The predicted molar refractivity (Wildman–Crippen MR) is 86.7 cm³/mol. The Morgan fingerprint density at radius 1 is 1.14 bits per heavy atom. The summed E-state index contributed by atoms with van der Waals surface area (Å²) >= 11 is 0. The van der Waals surface area contributed by atoms with Crippen molar-refractivity contribution >= 4 is 5.91 Å². The molecule has 1 heterocycles. The Kier molecular flexibility index (Phi) is 5.11. The van der Waals surface area contributed by atoms with Crippen LogP contribution in [0.2, 0.25) is 0 Å². The lowest BCUT2D eigenvalue weighted by Crippen LogP contribution is -2.52. The zero-order valence-electron chi connectivity index (χ0n) is 13.2. The number of hydrogen-bond donors (Lipinski definition) is 1. The standard InChI is InChI=1S/C18H26N2O2/c21-17(15-20-10-12-22-13-11-20)19-18(8-4-5-9-18)14-16-6-2-1-3-7-16/h1-3,6-7H,4-5,8-15H2,(H,19,21). The van der Waals surface area contributed by atoms with Crippen LogP contribution in [0.4, 0.5) is 0 Å². The first-order valence-corrected chi connectivity index (χ1v) is 8.41. The summed E-state index contributed by atoms with van der Waals surface area (Å²) in [5.41, 5.74) is 1.28. The molecule has 4 nitrogen and oxygen atoms in total. The van der Waals surface area contributed by atoms with Gasteiger partial charge in [-0.05, 0) is 24.8 Å². The molecule has 0 aromatic heterocycles. The Hall–Kier alpha value is -1.39. The number of nitrogens with one attached hydrogen (secondary N) is 1. The lowest BCUT2D eigenvalue weighted by molar-refractivity contribution is -0.125. The van der Waals surface area contributed by atoms with E-state index in [4.69, 9.17) is 4.74 Å². The number of rotatable bonds is 5. The second kappa shape index (κ2) is 7.25. The molecule has 4 heteroatoms. The van der Waals surface area contributed by atoms with Crippen LogP contribution in [0.5, 0.6) is 0 Å². The van der Waals surface area contributed by atoms with E-state index >= 15 is 0 Å². The van der Waals surface area contributed by atoms with Crippen LogP contribution in [0.1, 0.15) is 31.2 Å². The molecular weight excluding hydrogens is 276 g/mol. The highest BCUT2D eigenvalue weighted by molar-refractivity contribution is 5.79. The number of hydrogen-bond acceptors (Lipinski definition) is 3. The van der Waals surface area contributed by atoms with Gasteiger partial charge in [0.15, 0.2) is 0 Å². The molecule has 0 atom stereocenters. The fourth-order valence-corrected chi connectivity index (χ4v) is 3.68. The Labute approximate surface area is 132 Å². The van der Waals surface area contributed by atoms with Crippen molar-refractivity contribution < 1.29 is 9.53 Å². The highest BCUT2D eigenvalue weighted by atomic mass is 16.5. The highest BCUT2D eigenvalue weighted by Crippen LogP contribution is 2.32. The molecule has 1 aromatic carbocycles. The van der Waals surface area contributed by atoms with Crippen LogP contribution in [0.25, 0.3) is 0 Å². The maximum absolute atomic E-state index is 12.5. The van der Waals surface area contributed by atoms with E-state index in [0.29, 0.717) is 6.54 Å². The van der Waals surface area contributed by atoms with E-state index in [2.05, 4.69) is 34.5 Å². The van der Waals surface area contributed by atoms with Crippen LogP contribution >= 0.6 is 0 Å². The summed E-state index contributed by atoms with van der Waals surface area (Å²) < 4.78 is 5.34. The molecular formula is C18H26N2O2. The molecule has 1 aliphatic heterocycles. The molecule has 1 aromatic rings. The van der Waals surface area contributed by atoms with Gasteiger partial charge in [-0.1, -0.05) is 43.2 Å². The van der Waals surface area contributed by atoms with Gasteiger partial charge in [0.25, 0.3) is 0 Å². The number of ether oxygens (including phenoxy) is 1. The van der Waals surface area contributed by atoms with Gasteiger partial charge >= 0.3 is 0 Å². The van der Waals surface area contributed by atoms with Crippen molar-refractivity contribution in [2.24, 2.45) is 0 Å². The number of carbonyl (C=O) groups is 1. The summed E-state index contributed by atoms with van der Waals surface area (Å²) in [6.07, 6.45) is 5.56. The molecule has 0 radical (unpaired) electrons. The lowest BCUT2D eigenvalue weighted by atomic mass is 9.89. The number of morpholine rings is 1. The predicted octanol–water partition coefficient (Wildman–Crippen LogP) is 1.99. The van der Waals surface area contributed by atoms with Gasteiger partial charge in [0.2, 0.25) is 5.91 Å². The molecule has 2 aliphatic rings. The molecule has 1 saturated heterocycles. The second-order valence-electron chi connectivity index (χ2n) is 6.59. The zero-order chi connectivity index (χ0) is 15.3. The third kappa shape index (κ3) is 4.08. The molecule has 0 spiro atoms. The molecule has 1 N–H and O–H groups in total. The summed E-state index contributed by atoms with van der Waals surface area (Å²) in [6.45, 7) is 3.70. The summed E-state index contributed by atoms with van der Waals surface area (Å²) in [4.78, 5) is 14.7. The first kappa shape index (κ1) is 15.5. The van der Waals surface area contributed by atoms with Gasteiger partial charge in [0.1, 0.15) is 0 Å². The number of nitrogens with zero attached hydrogens (tertiary/aromatic N) is 1. The third-order valence-corrected chi connectivity index (χ3v) is 4.82. The molecule has 1 saturated carbocycles. The van der Waals surface area contributed by atoms with Crippen LogP contribution in [-0.2, 0) is 16.0 Å². The van der Waals surface area contributed by atoms with Crippen LogP contribution in [-0.4, -0.2) is 49.2 Å². The third-order valence-electron chi connectivity index (χ3n) is 4.82. The fraction of sp³-hybridized carbons (Fsp3) is 0.611. The van der Waals surface area contributed by atoms with Gasteiger partial charge in [-0.15, -0.1) is 0 Å². The average Bonchev–Trinajstić information content (AvgIpc) is 2.97. The van der Waals surface area contributed by atoms with E-state index in [9.17, 15) is 4.79 Å². The largest absolute Gasteiger partial charge is 0.379 e. The van der Waals surface area contributed by atoms with Gasteiger partial charge in [-0.25, -0.2) is 0 Å². The van der Waals surface area contributed by atoms with Gasteiger partial charge < -0.3 is 10.1 Å². The molecule has 22 heavy (non-hydrogen) atoms. The molecule has 2 fully saturated rings. The molecule has 0 unspecified atom stereocenters. The zero-order valence-corrected chi connectivity index (χ0v) is 13.2. The second-order valence-corrected chi connectivity index (χ2v) is 6.59. The normalized spacial score (nSPS) is 21.6. The number of carbonyl (C=O) groups excluding carboxylic acids is 1. The van der Waals surface area contributed by atoms with Crippen molar-refractivity contribution in [1.82, 2.24) is 10.2 Å². The first-order valence-electron chi connectivity index (χ1n) is 8.41. The van der Waals surface area contributed by atoms with Crippen LogP contribution < -0.4 is 5.32 Å². The van der Waals surface area contributed by atoms with Crippen molar-refractivity contribution in [3.63, 3.8) is 0 Å². The van der Waals surface area contributed by atoms with E-state index < -0.39 is 0 Å². The van der Waals surface area contributed by atoms with Crippen molar-refractivity contribution in [2.45, 2.75) is 37.6 Å². The molecule has 0 bridgehead atoms. The van der Waals surface area contributed by atoms with Gasteiger partial charge in [-0.3, -0.25) is 9.69 Å². The van der Waals surface area contributed by atoms with E-state index in [-0.39, 0.29) is 11.4 Å².